The number of carboxylic acid groups (broad SMARTS) is 1. The molecule has 2 rings (SSSR count). The van der Waals surface area contributed by atoms with E-state index in [1.807, 2.05) is 12.1 Å². The van der Waals surface area contributed by atoms with E-state index in [0.29, 0.717) is 11.5 Å². The molecule has 0 aliphatic carbocycles. The van der Waals surface area contributed by atoms with E-state index in [1.165, 1.54) is 6.92 Å². The van der Waals surface area contributed by atoms with Gasteiger partial charge in [-0.05, 0) is 31.2 Å². The largest absolute Gasteiger partial charge is 0.508 e. The highest BCUT2D eigenvalue weighted by Crippen LogP contribution is 2.03. The fourth-order valence-corrected chi connectivity index (χ4v) is 0.856. The predicted octanol–water partition coefficient (Wildman–Crippen LogP) is 3.43. The molecule has 20 heavy (non-hydrogen) atoms. The lowest BCUT2D eigenvalue weighted by Crippen LogP contribution is -1.92. The van der Waals surface area contributed by atoms with Crippen LogP contribution >= 0.6 is 0 Å². The number of hydrogen-bond acceptors (Lipinski definition) is 3. The number of carbonyl (C=O) groups is 1. The third-order valence-electron chi connectivity index (χ3n) is 1.88. The van der Waals surface area contributed by atoms with Gasteiger partial charge in [-0.25, -0.2) is 4.79 Å². The number of phenols is 2. The molecule has 0 fully saturated rings. The predicted molar refractivity (Wildman–Crippen MR) is 78.7 cm³/mol. The molecule has 4 heteroatoms. The van der Waals surface area contributed by atoms with Crippen molar-refractivity contribution in [1.82, 2.24) is 0 Å². The summed E-state index contributed by atoms with van der Waals surface area (Å²) < 4.78 is 0. The third kappa shape index (κ3) is 10.4. The van der Waals surface area contributed by atoms with E-state index in [-0.39, 0.29) is 5.57 Å². The summed E-state index contributed by atoms with van der Waals surface area (Å²) in [6, 6.07) is 17.4. The molecular weight excluding hydrogens is 256 g/mol. The van der Waals surface area contributed by atoms with Gasteiger partial charge in [-0.2, -0.15) is 0 Å². The first kappa shape index (κ1) is 17.2. The Hall–Kier alpha value is -2.75. The third-order valence-corrected chi connectivity index (χ3v) is 1.88. The summed E-state index contributed by atoms with van der Waals surface area (Å²) in [5, 5.41) is 25.2. The van der Waals surface area contributed by atoms with Gasteiger partial charge >= 0.3 is 5.97 Å². The molecule has 0 amide bonds. The van der Waals surface area contributed by atoms with Crippen LogP contribution in [0.25, 0.3) is 0 Å². The van der Waals surface area contributed by atoms with Crippen LogP contribution in [-0.2, 0) is 4.79 Å². The minimum absolute atomic E-state index is 0.176. The maximum atomic E-state index is 9.60. The zero-order valence-corrected chi connectivity index (χ0v) is 11.2. The van der Waals surface area contributed by atoms with Crippen molar-refractivity contribution in [3.8, 4) is 11.5 Å². The number of phenolic OH excluding ortho intramolecular Hbond substituents is 2. The first-order valence-electron chi connectivity index (χ1n) is 5.80. The quantitative estimate of drug-likeness (QED) is 0.696. The summed E-state index contributed by atoms with van der Waals surface area (Å²) in [6.45, 7) is 4.60. The summed E-state index contributed by atoms with van der Waals surface area (Å²) in [7, 11) is 0. The van der Waals surface area contributed by atoms with Gasteiger partial charge in [0.05, 0.1) is 0 Å². The van der Waals surface area contributed by atoms with Crippen molar-refractivity contribution in [3.05, 3.63) is 72.8 Å². The summed E-state index contributed by atoms with van der Waals surface area (Å²) in [5.41, 5.74) is 0.176. The second-order valence-corrected chi connectivity index (χ2v) is 3.76. The first-order valence-corrected chi connectivity index (χ1v) is 5.80. The van der Waals surface area contributed by atoms with Crippen LogP contribution in [0.5, 0.6) is 11.5 Å². The molecule has 0 bridgehead atoms. The van der Waals surface area contributed by atoms with Gasteiger partial charge in [-0.15, -0.1) is 0 Å². The smallest absolute Gasteiger partial charge is 0.330 e. The van der Waals surface area contributed by atoms with Crippen LogP contribution in [-0.4, -0.2) is 21.3 Å². The van der Waals surface area contributed by atoms with E-state index in [2.05, 4.69) is 6.58 Å². The molecule has 3 N–H and O–H groups in total. The monoisotopic (exact) mass is 274 g/mol. The van der Waals surface area contributed by atoms with Crippen LogP contribution in [0.4, 0.5) is 0 Å². The number of carboxylic acids is 1. The lowest BCUT2D eigenvalue weighted by molar-refractivity contribution is -0.132. The van der Waals surface area contributed by atoms with Gasteiger partial charge < -0.3 is 15.3 Å². The van der Waals surface area contributed by atoms with E-state index in [4.69, 9.17) is 15.3 Å². The molecule has 0 radical (unpaired) electrons. The summed E-state index contributed by atoms with van der Waals surface area (Å²) in [5.74, 6) is -0.292. The van der Waals surface area contributed by atoms with Crippen LogP contribution in [0.15, 0.2) is 72.8 Å². The van der Waals surface area contributed by atoms with Gasteiger partial charge in [0.2, 0.25) is 0 Å². The van der Waals surface area contributed by atoms with Crippen LogP contribution in [0, 0.1) is 0 Å². The van der Waals surface area contributed by atoms with Gasteiger partial charge in [-0.3, -0.25) is 0 Å². The van der Waals surface area contributed by atoms with E-state index in [9.17, 15) is 4.79 Å². The van der Waals surface area contributed by atoms with Crippen molar-refractivity contribution in [2.75, 3.05) is 0 Å². The van der Waals surface area contributed by atoms with Crippen LogP contribution < -0.4 is 0 Å². The zero-order chi connectivity index (χ0) is 15.4. The van der Waals surface area contributed by atoms with Crippen molar-refractivity contribution in [2.24, 2.45) is 0 Å². The normalized spacial score (nSPS) is 8.25. The second-order valence-electron chi connectivity index (χ2n) is 3.76. The van der Waals surface area contributed by atoms with Crippen molar-refractivity contribution < 1.29 is 20.1 Å². The molecule has 0 unspecified atom stereocenters. The van der Waals surface area contributed by atoms with Gasteiger partial charge in [0, 0.05) is 5.57 Å². The molecule has 2 aromatic rings. The highest BCUT2D eigenvalue weighted by molar-refractivity contribution is 5.84. The van der Waals surface area contributed by atoms with Crippen LogP contribution in [0.2, 0.25) is 0 Å². The van der Waals surface area contributed by atoms with Gasteiger partial charge in [0.25, 0.3) is 0 Å². The molecule has 0 saturated carbocycles. The lowest BCUT2D eigenvalue weighted by Gasteiger charge is -1.82. The lowest BCUT2D eigenvalue weighted by atomic mass is 10.3. The first-order chi connectivity index (χ1) is 9.43. The number of rotatable bonds is 1. The van der Waals surface area contributed by atoms with E-state index in [0.717, 1.165) is 0 Å². The zero-order valence-electron chi connectivity index (χ0n) is 11.2. The maximum absolute atomic E-state index is 9.60. The van der Waals surface area contributed by atoms with Gasteiger partial charge in [0.15, 0.2) is 0 Å². The van der Waals surface area contributed by atoms with Crippen molar-refractivity contribution in [2.45, 2.75) is 6.92 Å². The van der Waals surface area contributed by atoms with Gasteiger partial charge in [0.1, 0.15) is 11.5 Å². The van der Waals surface area contributed by atoms with Crippen molar-refractivity contribution in [3.63, 3.8) is 0 Å². The number of aliphatic carboxylic acids is 1. The minimum Gasteiger partial charge on any atom is -0.508 e. The van der Waals surface area contributed by atoms with Crippen LogP contribution in [0.3, 0.4) is 0 Å². The Balaban J connectivity index is 0.000000272. The van der Waals surface area contributed by atoms with Crippen molar-refractivity contribution >= 4 is 5.97 Å². The standard InChI is InChI=1S/2C6H6O.C4H6O2/c2*7-6-4-2-1-3-5-6;1-3(2)4(5)6/h2*1-5,7H;1H2,2H3,(H,5,6). The van der Waals surface area contributed by atoms with E-state index in [1.54, 1.807) is 48.5 Å². The molecule has 0 aliphatic heterocycles. The average molecular weight is 274 g/mol. The topological polar surface area (TPSA) is 77.8 Å². The molecule has 4 nitrogen and oxygen atoms in total. The highest BCUT2D eigenvalue weighted by Gasteiger charge is 1.90. The number of aromatic hydroxyl groups is 2. The Morgan fingerprint density at radius 3 is 1.20 bits per heavy atom. The maximum Gasteiger partial charge on any atom is 0.330 e. The molecule has 0 aromatic heterocycles. The summed E-state index contributed by atoms with van der Waals surface area (Å²) >= 11 is 0. The molecule has 2 aromatic carbocycles. The van der Waals surface area contributed by atoms with E-state index >= 15 is 0 Å². The second kappa shape index (κ2) is 10.2. The molecular formula is C16H18O4. The highest BCUT2D eigenvalue weighted by atomic mass is 16.4. The minimum atomic E-state index is -0.935. The number of benzene rings is 2. The Labute approximate surface area is 118 Å². The van der Waals surface area contributed by atoms with Crippen LogP contribution in [0.1, 0.15) is 6.92 Å². The molecule has 0 aliphatic rings. The Bertz CT molecular complexity index is 457. The fourth-order valence-electron chi connectivity index (χ4n) is 0.856. The molecule has 0 atom stereocenters. The SMILES string of the molecule is C=C(C)C(=O)O.Oc1ccccc1.Oc1ccccc1. The summed E-state index contributed by atoms with van der Waals surface area (Å²) in [6.07, 6.45) is 0. The Morgan fingerprint density at radius 2 is 1.10 bits per heavy atom. The molecule has 0 spiro atoms. The number of hydrogen-bond donors (Lipinski definition) is 3. The Morgan fingerprint density at radius 1 is 0.850 bits per heavy atom. The molecule has 106 valence electrons. The molecule has 0 saturated heterocycles. The number of para-hydroxylation sites is 2. The van der Waals surface area contributed by atoms with Gasteiger partial charge in [-0.1, -0.05) is 43.0 Å². The Kier molecular flexibility index (Phi) is 8.80. The van der Waals surface area contributed by atoms with E-state index < -0.39 is 5.97 Å². The molecule has 0 heterocycles. The van der Waals surface area contributed by atoms with Crippen molar-refractivity contribution in [1.29, 1.82) is 0 Å². The average Bonchev–Trinajstić information content (AvgIpc) is 2.42. The summed E-state index contributed by atoms with van der Waals surface area (Å²) in [4.78, 5) is 9.60. The fraction of sp³-hybridized carbons (Fsp3) is 0.0625.